The molecule has 1 aliphatic carbocycles. The van der Waals surface area contributed by atoms with Gasteiger partial charge in [0.1, 0.15) is 6.04 Å². The van der Waals surface area contributed by atoms with Gasteiger partial charge < -0.3 is 9.52 Å². The number of carboxylic acid groups (broad SMARTS) is 1. The average molecular weight is 326 g/mol. The van der Waals surface area contributed by atoms with E-state index >= 15 is 0 Å². The molecule has 1 N–H and O–H groups in total. The third-order valence-corrected chi connectivity index (χ3v) is 5.44. The van der Waals surface area contributed by atoms with Crippen LogP contribution >= 0.6 is 0 Å². The van der Waals surface area contributed by atoms with Crippen molar-refractivity contribution < 1.29 is 14.3 Å². The number of hydrogen-bond acceptors (Lipinski definition) is 4. The summed E-state index contributed by atoms with van der Waals surface area (Å²) in [6.45, 7) is 0.477. The van der Waals surface area contributed by atoms with E-state index in [-0.39, 0.29) is 0 Å². The van der Waals surface area contributed by atoms with Gasteiger partial charge >= 0.3 is 5.97 Å². The summed E-state index contributed by atoms with van der Waals surface area (Å²) in [5, 5.41) is 9.60. The van der Waals surface area contributed by atoms with Crippen LogP contribution in [0.25, 0.3) is 11.3 Å². The summed E-state index contributed by atoms with van der Waals surface area (Å²) in [6, 6.07) is 9.80. The zero-order chi connectivity index (χ0) is 16.5. The Morgan fingerprint density at radius 3 is 2.83 bits per heavy atom. The number of carbonyl (C=O) groups is 1. The Morgan fingerprint density at radius 2 is 2.04 bits per heavy atom. The molecule has 24 heavy (non-hydrogen) atoms. The summed E-state index contributed by atoms with van der Waals surface area (Å²) < 4.78 is 5.89. The van der Waals surface area contributed by atoms with Crippen molar-refractivity contribution in [3.8, 4) is 11.3 Å². The van der Waals surface area contributed by atoms with E-state index in [9.17, 15) is 9.90 Å². The maximum Gasteiger partial charge on any atom is 0.320 e. The molecule has 1 saturated heterocycles. The van der Waals surface area contributed by atoms with Crippen LogP contribution in [0.5, 0.6) is 0 Å². The number of benzene rings is 1. The molecule has 1 aromatic carbocycles. The summed E-state index contributed by atoms with van der Waals surface area (Å²) in [6.07, 6.45) is 7.12. The standard InChI is InChI=1S/C19H22N2O3/c22-19(23)16-10-14-8-4-5-9-15(14)21(16)12-18-20-11-17(24-18)13-6-2-1-3-7-13/h1-3,6-7,11,14-16H,4-5,8-10,12H2,(H,22,23)/t14-,15+,16-/m0/s1. The van der Waals surface area contributed by atoms with Crippen LogP contribution in [0.4, 0.5) is 0 Å². The Kier molecular flexibility index (Phi) is 4.10. The minimum absolute atomic E-state index is 0.354. The Bertz CT molecular complexity index is 712. The average Bonchev–Trinajstić information content (AvgIpc) is 3.21. The quantitative estimate of drug-likeness (QED) is 0.930. The number of aliphatic carboxylic acids is 1. The number of rotatable bonds is 4. The third-order valence-electron chi connectivity index (χ3n) is 5.44. The lowest BCUT2D eigenvalue weighted by Gasteiger charge is -2.32. The first-order valence-corrected chi connectivity index (χ1v) is 8.71. The second-order valence-electron chi connectivity index (χ2n) is 6.86. The highest BCUT2D eigenvalue weighted by atomic mass is 16.4. The number of carboxylic acids is 1. The van der Waals surface area contributed by atoms with Crippen LogP contribution in [0, 0.1) is 5.92 Å². The van der Waals surface area contributed by atoms with E-state index in [2.05, 4.69) is 9.88 Å². The van der Waals surface area contributed by atoms with Crippen molar-refractivity contribution in [1.29, 1.82) is 0 Å². The molecular formula is C19H22N2O3. The predicted molar refractivity (Wildman–Crippen MR) is 89.3 cm³/mol. The highest BCUT2D eigenvalue weighted by molar-refractivity contribution is 5.74. The molecule has 5 heteroatoms. The Balaban J connectivity index is 1.55. The second kappa shape index (κ2) is 6.40. The van der Waals surface area contributed by atoms with Crippen molar-refractivity contribution in [2.75, 3.05) is 0 Å². The smallest absolute Gasteiger partial charge is 0.320 e. The van der Waals surface area contributed by atoms with Gasteiger partial charge in [0.2, 0.25) is 5.89 Å². The van der Waals surface area contributed by atoms with Crippen LogP contribution in [-0.4, -0.2) is 33.0 Å². The van der Waals surface area contributed by atoms with E-state index in [0.717, 1.165) is 30.6 Å². The van der Waals surface area contributed by atoms with Crippen LogP contribution in [0.2, 0.25) is 0 Å². The SMILES string of the molecule is O=C(O)[C@@H]1C[C@@H]2CCCC[C@H]2N1Cc1ncc(-c2ccccc2)o1. The van der Waals surface area contributed by atoms with E-state index in [1.807, 2.05) is 30.3 Å². The lowest BCUT2D eigenvalue weighted by molar-refractivity contribution is -0.143. The molecule has 0 radical (unpaired) electrons. The van der Waals surface area contributed by atoms with Gasteiger partial charge in [-0.2, -0.15) is 0 Å². The topological polar surface area (TPSA) is 66.6 Å². The highest BCUT2D eigenvalue weighted by Crippen LogP contribution is 2.40. The van der Waals surface area contributed by atoms with Gasteiger partial charge in [0.25, 0.3) is 0 Å². The van der Waals surface area contributed by atoms with E-state index in [4.69, 9.17) is 4.42 Å². The lowest BCUT2D eigenvalue weighted by atomic mass is 9.85. The van der Waals surface area contributed by atoms with Gasteiger partial charge in [-0.1, -0.05) is 43.2 Å². The Morgan fingerprint density at radius 1 is 1.25 bits per heavy atom. The van der Waals surface area contributed by atoms with E-state index in [1.165, 1.54) is 12.8 Å². The fourth-order valence-electron chi connectivity index (χ4n) is 4.30. The fourth-order valence-corrected chi connectivity index (χ4v) is 4.30. The van der Waals surface area contributed by atoms with Crippen LogP contribution < -0.4 is 0 Å². The van der Waals surface area contributed by atoms with E-state index in [0.29, 0.717) is 24.4 Å². The zero-order valence-corrected chi connectivity index (χ0v) is 13.6. The first-order chi connectivity index (χ1) is 11.7. The van der Waals surface area contributed by atoms with Crippen molar-refractivity contribution in [1.82, 2.24) is 9.88 Å². The molecule has 2 aliphatic rings. The first kappa shape index (κ1) is 15.4. The summed E-state index contributed by atoms with van der Waals surface area (Å²) in [4.78, 5) is 18.2. The molecule has 0 unspecified atom stereocenters. The van der Waals surface area contributed by atoms with Gasteiger partial charge in [0, 0.05) is 11.6 Å². The predicted octanol–water partition coefficient (Wildman–Crippen LogP) is 3.56. The van der Waals surface area contributed by atoms with Gasteiger partial charge in [-0.3, -0.25) is 9.69 Å². The van der Waals surface area contributed by atoms with E-state index < -0.39 is 12.0 Å². The molecule has 0 spiro atoms. The number of likely N-dealkylation sites (tertiary alicyclic amines) is 1. The maximum absolute atomic E-state index is 11.7. The molecule has 126 valence electrons. The summed E-state index contributed by atoms with van der Waals surface area (Å²) in [5.41, 5.74) is 0.989. The first-order valence-electron chi connectivity index (χ1n) is 8.71. The Hall–Kier alpha value is -2.14. The Labute approximate surface area is 141 Å². The third kappa shape index (κ3) is 2.84. The van der Waals surface area contributed by atoms with Gasteiger partial charge in [-0.25, -0.2) is 4.98 Å². The van der Waals surface area contributed by atoms with Crippen molar-refractivity contribution in [3.05, 3.63) is 42.4 Å². The molecule has 2 aromatic rings. The van der Waals surface area contributed by atoms with Gasteiger partial charge in [0.05, 0.1) is 12.7 Å². The number of fused-ring (bicyclic) bond motifs is 1. The molecular weight excluding hydrogens is 304 g/mol. The van der Waals surface area contributed by atoms with Crippen LogP contribution in [0.15, 0.2) is 40.9 Å². The lowest BCUT2D eigenvalue weighted by Crippen LogP contribution is -2.41. The number of nitrogens with zero attached hydrogens (tertiary/aromatic N) is 2. The molecule has 0 bridgehead atoms. The fraction of sp³-hybridized carbons (Fsp3) is 0.474. The van der Waals surface area contributed by atoms with Gasteiger partial charge in [0.15, 0.2) is 5.76 Å². The monoisotopic (exact) mass is 326 g/mol. The molecule has 2 heterocycles. The summed E-state index contributed by atoms with van der Waals surface area (Å²) >= 11 is 0. The largest absolute Gasteiger partial charge is 0.480 e. The number of oxazole rings is 1. The molecule has 2 fully saturated rings. The normalized spacial score (nSPS) is 27.1. The minimum atomic E-state index is -0.723. The second-order valence-corrected chi connectivity index (χ2v) is 6.86. The van der Waals surface area contributed by atoms with Crippen LogP contribution in [0.1, 0.15) is 38.0 Å². The van der Waals surface area contributed by atoms with Crippen molar-refractivity contribution in [2.24, 2.45) is 5.92 Å². The molecule has 0 amide bonds. The molecule has 1 aromatic heterocycles. The highest BCUT2D eigenvalue weighted by Gasteiger charge is 2.45. The van der Waals surface area contributed by atoms with Crippen molar-refractivity contribution in [3.63, 3.8) is 0 Å². The van der Waals surface area contributed by atoms with Crippen LogP contribution in [-0.2, 0) is 11.3 Å². The van der Waals surface area contributed by atoms with Gasteiger partial charge in [-0.05, 0) is 25.2 Å². The molecule has 1 aliphatic heterocycles. The summed E-state index contributed by atoms with van der Waals surface area (Å²) in [7, 11) is 0. The molecule has 1 saturated carbocycles. The molecule has 4 rings (SSSR count). The van der Waals surface area contributed by atoms with Crippen molar-refractivity contribution >= 4 is 5.97 Å². The van der Waals surface area contributed by atoms with Crippen molar-refractivity contribution in [2.45, 2.75) is 50.7 Å². The van der Waals surface area contributed by atoms with Gasteiger partial charge in [-0.15, -0.1) is 0 Å². The minimum Gasteiger partial charge on any atom is -0.480 e. The molecule has 3 atom stereocenters. The number of aromatic nitrogens is 1. The molecule has 5 nitrogen and oxygen atoms in total. The number of hydrogen-bond donors (Lipinski definition) is 1. The van der Waals surface area contributed by atoms with Crippen LogP contribution in [0.3, 0.4) is 0 Å². The summed E-state index contributed by atoms with van der Waals surface area (Å²) in [5.74, 6) is 1.12. The maximum atomic E-state index is 11.7. The zero-order valence-electron chi connectivity index (χ0n) is 13.6. The van der Waals surface area contributed by atoms with E-state index in [1.54, 1.807) is 6.20 Å².